The van der Waals surface area contributed by atoms with Crippen molar-refractivity contribution in [2.75, 3.05) is 19.6 Å². The second kappa shape index (κ2) is 10.3. The lowest BCUT2D eigenvalue weighted by Gasteiger charge is -2.20. The third kappa shape index (κ3) is 6.99. The number of pyridine rings is 1. The van der Waals surface area contributed by atoms with E-state index in [-0.39, 0.29) is 30.5 Å². The van der Waals surface area contributed by atoms with E-state index in [0.717, 1.165) is 25.1 Å². The van der Waals surface area contributed by atoms with E-state index in [4.69, 9.17) is 0 Å². The van der Waals surface area contributed by atoms with Crippen LogP contribution in [-0.4, -0.2) is 45.5 Å². The molecule has 0 aliphatic heterocycles. The minimum absolute atomic E-state index is 0. The van der Waals surface area contributed by atoms with Gasteiger partial charge in [-0.25, -0.2) is 4.99 Å². The van der Waals surface area contributed by atoms with Crippen molar-refractivity contribution in [1.82, 2.24) is 25.4 Å². The molecule has 0 aromatic carbocycles. The lowest BCUT2D eigenvalue weighted by Crippen LogP contribution is -2.39. The molecule has 3 N–H and O–H groups in total. The Balaban J connectivity index is 0.00000312. The fraction of sp³-hybridized carbons (Fsp3) is 0.471. The standard InChI is InChI=1S/C17H26N6O.HI/c1-4-19-16(20-9-7-14-6-5-8-18-10-14)21-13-17(2,24)15-11-22-23(3)12-15;/h5-6,8,10-12,24H,4,7,9,13H2,1-3H3,(H2,19,20,21);1H. The maximum atomic E-state index is 10.6. The van der Waals surface area contributed by atoms with Crippen LogP contribution in [0.25, 0.3) is 0 Å². The van der Waals surface area contributed by atoms with Crippen molar-refractivity contribution in [3.8, 4) is 0 Å². The van der Waals surface area contributed by atoms with Gasteiger partial charge in [-0.3, -0.25) is 9.67 Å². The molecule has 0 aliphatic carbocycles. The molecule has 8 heteroatoms. The molecule has 138 valence electrons. The molecule has 0 amide bonds. The molecule has 0 saturated carbocycles. The molecular formula is C17H27IN6O. The fourth-order valence-corrected chi connectivity index (χ4v) is 2.24. The summed E-state index contributed by atoms with van der Waals surface area (Å²) in [5.74, 6) is 0.686. The van der Waals surface area contributed by atoms with E-state index in [1.807, 2.05) is 32.3 Å². The Kier molecular flexibility index (Phi) is 8.84. The van der Waals surface area contributed by atoms with E-state index in [1.54, 1.807) is 30.2 Å². The summed E-state index contributed by atoms with van der Waals surface area (Å²) in [6.45, 7) is 5.51. The summed E-state index contributed by atoms with van der Waals surface area (Å²) in [5.41, 5.74) is 0.864. The first-order valence-electron chi connectivity index (χ1n) is 8.14. The molecule has 1 unspecified atom stereocenters. The number of aromatic nitrogens is 3. The van der Waals surface area contributed by atoms with Gasteiger partial charge >= 0.3 is 0 Å². The Morgan fingerprint density at radius 2 is 2.16 bits per heavy atom. The van der Waals surface area contributed by atoms with Gasteiger partial charge in [0, 0.05) is 44.3 Å². The molecule has 7 nitrogen and oxygen atoms in total. The van der Waals surface area contributed by atoms with Gasteiger partial charge in [0.1, 0.15) is 5.60 Å². The second-order valence-corrected chi connectivity index (χ2v) is 5.91. The van der Waals surface area contributed by atoms with Gasteiger partial charge in [-0.2, -0.15) is 5.10 Å². The third-order valence-electron chi connectivity index (χ3n) is 3.64. The average Bonchev–Trinajstić information content (AvgIpc) is 3.01. The maximum Gasteiger partial charge on any atom is 0.191 e. The van der Waals surface area contributed by atoms with E-state index in [1.165, 1.54) is 5.56 Å². The molecule has 0 saturated heterocycles. The molecule has 1 atom stereocenters. The predicted molar refractivity (Wildman–Crippen MR) is 110 cm³/mol. The van der Waals surface area contributed by atoms with Crippen LogP contribution in [0.5, 0.6) is 0 Å². The normalized spacial score (nSPS) is 13.7. The first kappa shape index (κ1) is 21.4. The summed E-state index contributed by atoms with van der Waals surface area (Å²) in [7, 11) is 1.83. The molecule has 2 rings (SSSR count). The Morgan fingerprint density at radius 3 is 2.76 bits per heavy atom. The number of hydrogen-bond donors (Lipinski definition) is 3. The Bertz CT molecular complexity index is 656. The van der Waals surface area contributed by atoms with E-state index < -0.39 is 5.60 Å². The molecule has 2 heterocycles. The summed E-state index contributed by atoms with van der Waals surface area (Å²) in [4.78, 5) is 8.60. The van der Waals surface area contributed by atoms with E-state index >= 15 is 0 Å². The number of hydrogen-bond acceptors (Lipinski definition) is 4. The second-order valence-electron chi connectivity index (χ2n) is 5.91. The van der Waals surface area contributed by atoms with Crippen molar-refractivity contribution in [1.29, 1.82) is 0 Å². The molecule has 2 aromatic rings. The van der Waals surface area contributed by atoms with Crippen LogP contribution in [0.1, 0.15) is 25.0 Å². The number of halogens is 1. The summed E-state index contributed by atoms with van der Waals surface area (Å²) in [6.07, 6.45) is 7.95. The first-order chi connectivity index (χ1) is 11.5. The largest absolute Gasteiger partial charge is 0.383 e. The maximum absolute atomic E-state index is 10.6. The number of aliphatic imine (C=N–C) groups is 1. The summed E-state index contributed by atoms with van der Waals surface area (Å²) in [6, 6.07) is 3.98. The molecule has 0 bridgehead atoms. The van der Waals surface area contributed by atoms with Crippen LogP contribution in [0.3, 0.4) is 0 Å². The quantitative estimate of drug-likeness (QED) is 0.332. The molecule has 2 aromatic heterocycles. The molecular weight excluding hydrogens is 431 g/mol. The van der Waals surface area contributed by atoms with Gasteiger partial charge in [-0.05, 0) is 31.9 Å². The van der Waals surface area contributed by atoms with Gasteiger partial charge in [-0.1, -0.05) is 6.07 Å². The Morgan fingerprint density at radius 1 is 1.36 bits per heavy atom. The van der Waals surface area contributed by atoms with E-state index in [2.05, 4.69) is 25.7 Å². The molecule has 0 aliphatic rings. The van der Waals surface area contributed by atoms with Crippen LogP contribution >= 0.6 is 24.0 Å². The Labute approximate surface area is 166 Å². The van der Waals surface area contributed by atoms with Crippen LogP contribution < -0.4 is 10.6 Å². The minimum atomic E-state index is -1.06. The zero-order chi connectivity index (χ0) is 17.4. The summed E-state index contributed by atoms with van der Waals surface area (Å²) >= 11 is 0. The molecule has 0 radical (unpaired) electrons. The van der Waals surface area contributed by atoms with Crippen molar-refractivity contribution >= 4 is 29.9 Å². The van der Waals surface area contributed by atoms with Gasteiger partial charge in [0.2, 0.25) is 0 Å². The van der Waals surface area contributed by atoms with E-state index in [0.29, 0.717) is 5.96 Å². The Hall–Kier alpha value is -1.68. The zero-order valence-electron chi connectivity index (χ0n) is 14.9. The monoisotopic (exact) mass is 458 g/mol. The predicted octanol–water partition coefficient (Wildman–Crippen LogP) is 1.44. The van der Waals surface area contributed by atoms with E-state index in [9.17, 15) is 5.11 Å². The lowest BCUT2D eigenvalue weighted by atomic mass is 10.0. The van der Waals surface area contributed by atoms with Crippen molar-refractivity contribution in [3.05, 3.63) is 48.0 Å². The lowest BCUT2D eigenvalue weighted by molar-refractivity contribution is 0.0672. The summed E-state index contributed by atoms with van der Waals surface area (Å²) in [5, 5.41) is 21.2. The summed E-state index contributed by atoms with van der Waals surface area (Å²) < 4.78 is 1.67. The fourth-order valence-electron chi connectivity index (χ4n) is 2.24. The molecule has 0 spiro atoms. The topological polar surface area (TPSA) is 87.4 Å². The molecule has 25 heavy (non-hydrogen) atoms. The third-order valence-corrected chi connectivity index (χ3v) is 3.64. The number of guanidine groups is 1. The van der Waals surface area contributed by atoms with Gasteiger partial charge in [0.25, 0.3) is 0 Å². The van der Waals surface area contributed by atoms with Crippen LogP contribution in [-0.2, 0) is 19.1 Å². The van der Waals surface area contributed by atoms with Crippen molar-refractivity contribution in [2.45, 2.75) is 25.9 Å². The highest BCUT2D eigenvalue weighted by Gasteiger charge is 2.24. The van der Waals surface area contributed by atoms with Gasteiger partial charge in [0.15, 0.2) is 5.96 Å². The van der Waals surface area contributed by atoms with Crippen molar-refractivity contribution < 1.29 is 5.11 Å². The van der Waals surface area contributed by atoms with Gasteiger partial charge < -0.3 is 15.7 Å². The minimum Gasteiger partial charge on any atom is -0.383 e. The van der Waals surface area contributed by atoms with Crippen LogP contribution in [0.4, 0.5) is 0 Å². The van der Waals surface area contributed by atoms with Crippen molar-refractivity contribution in [3.63, 3.8) is 0 Å². The number of aryl methyl sites for hydroxylation is 1. The van der Waals surface area contributed by atoms with Crippen LogP contribution in [0.2, 0.25) is 0 Å². The number of rotatable bonds is 7. The number of nitrogens with zero attached hydrogens (tertiary/aromatic N) is 4. The average molecular weight is 458 g/mol. The van der Waals surface area contributed by atoms with Crippen LogP contribution in [0, 0.1) is 0 Å². The van der Waals surface area contributed by atoms with Gasteiger partial charge in [-0.15, -0.1) is 24.0 Å². The van der Waals surface area contributed by atoms with Crippen molar-refractivity contribution in [2.24, 2.45) is 12.0 Å². The highest BCUT2D eigenvalue weighted by atomic mass is 127. The first-order valence-corrected chi connectivity index (χ1v) is 8.14. The van der Waals surface area contributed by atoms with Gasteiger partial charge in [0.05, 0.1) is 12.7 Å². The zero-order valence-corrected chi connectivity index (χ0v) is 17.3. The molecule has 0 fully saturated rings. The number of aliphatic hydroxyl groups is 1. The smallest absolute Gasteiger partial charge is 0.191 e. The highest BCUT2D eigenvalue weighted by molar-refractivity contribution is 14.0. The van der Waals surface area contributed by atoms with Crippen LogP contribution in [0.15, 0.2) is 41.9 Å². The number of nitrogens with one attached hydrogen (secondary N) is 2. The highest BCUT2D eigenvalue weighted by Crippen LogP contribution is 2.19. The SMILES string of the molecule is CCNC(=NCC(C)(O)c1cnn(C)c1)NCCc1cccnc1.I.